The second kappa shape index (κ2) is 7.20. The Bertz CT molecular complexity index is 379. The molecule has 5 N–H and O–H groups in total. The van der Waals surface area contributed by atoms with Gasteiger partial charge in [0.1, 0.15) is 12.1 Å². The second-order valence-corrected chi connectivity index (χ2v) is 4.94. The topological polar surface area (TPSA) is 128 Å². The predicted octanol–water partition coefficient (Wildman–Crippen LogP) is -1.81. The summed E-state index contributed by atoms with van der Waals surface area (Å²) in [6.45, 7) is 3.40. The van der Waals surface area contributed by atoms with Gasteiger partial charge in [0.2, 0.25) is 11.8 Å². The third-order valence-corrected chi connectivity index (χ3v) is 3.17. The van der Waals surface area contributed by atoms with Crippen molar-refractivity contribution in [1.82, 2.24) is 16.0 Å². The Morgan fingerprint density at radius 3 is 2.35 bits per heavy atom. The van der Waals surface area contributed by atoms with E-state index < -0.39 is 30.1 Å². The Morgan fingerprint density at radius 2 is 1.90 bits per heavy atom. The lowest BCUT2D eigenvalue weighted by Crippen LogP contribution is -2.57. The lowest BCUT2D eigenvalue weighted by atomic mass is 10.1. The zero-order valence-corrected chi connectivity index (χ0v) is 11.5. The summed E-state index contributed by atoms with van der Waals surface area (Å²) in [6, 6.07) is -2.64. The zero-order valence-electron chi connectivity index (χ0n) is 11.5. The van der Waals surface area contributed by atoms with Crippen LogP contribution in [0.4, 0.5) is 0 Å². The molecular weight excluding hydrogens is 266 g/mol. The SMILES string of the molecule is CC(NC(=O)C(NC(=O)C1CCCN1)C(C)O)C(=O)O. The van der Waals surface area contributed by atoms with E-state index in [1.165, 1.54) is 13.8 Å². The molecule has 1 saturated heterocycles. The molecule has 1 aliphatic heterocycles. The smallest absolute Gasteiger partial charge is 0.325 e. The zero-order chi connectivity index (χ0) is 15.3. The van der Waals surface area contributed by atoms with Crippen molar-refractivity contribution in [2.75, 3.05) is 6.54 Å². The van der Waals surface area contributed by atoms with Crippen LogP contribution in [0, 0.1) is 0 Å². The highest BCUT2D eigenvalue weighted by atomic mass is 16.4. The van der Waals surface area contributed by atoms with Gasteiger partial charge in [-0.3, -0.25) is 14.4 Å². The Labute approximate surface area is 116 Å². The average molecular weight is 287 g/mol. The summed E-state index contributed by atoms with van der Waals surface area (Å²) in [5.41, 5.74) is 0. The van der Waals surface area contributed by atoms with Crippen LogP contribution in [0.15, 0.2) is 0 Å². The Morgan fingerprint density at radius 1 is 1.25 bits per heavy atom. The van der Waals surface area contributed by atoms with Crippen LogP contribution in [-0.2, 0) is 14.4 Å². The summed E-state index contributed by atoms with van der Waals surface area (Å²) >= 11 is 0. The maximum atomic E-state index is 11.9. The number of nitrogens with one attached hydrogen (secondary N) is 3. The van der Waals surface area contributed by atoms with Gasteiger partial charge in [0.05, 0.1) is 12.1 Å². The fourth-order valence-corrected chi connectivity index (χ4v) is 1.93. The number of carbonyl (C=O) groups excluding carboxylic acids is 2. The van der Waals surface area contributed by atoms with E-state index in [9.17, 15) is 19.5 Å². The second-order valence-electron chi connectivity index (χ2n) is 4.94. The molecule has 0 aromatic rings. The first-order chi connectivity index (χ1) is 9.32. The highest BCUT2D eigenvalue weighted by molar-refractivity contribution is 5.92. The summed E-state index contributed by atoms with van der Waals surface area (Å²) in [4.78, 5) is 34.5. The molecule has 4 atom stereocenters. The maximum Gasteiger partial charge on any atom is 0.325 e. The van der Waals surface area contributed by atoms with Crippen molar-refractivity contribution in [3.05, 3.63) is 0 Å². The molecule has 0 radical (unpaired) electrons. The first kappa shape index (κ1) is 16.4. The molecule has 1 fully saturated rings. The van der Waals surface area contributed by atoms with E-state index in [1.807, 2.05) is 0 Å². The van der Waals surface area contributed by atoms with Gasteiger partial charge < -0.3 is 26.2 Å². The first-order valence-corrected chi connectivity index (χ1v) is 6.58. The number of hydrogen-bond donors (Lipinski definition) is 5. The summed E-state index contributed by atoms with van der Waals surface area (Å²) in [7, 11) is 0. The average Bonchev–Trinajstić information content (AvgIpc) is 2.88. The molecule has 0 bridgehead atoms. The van der Waals surface area contributed by atoms with E-state index in [2.05, 4.69) is 16.0 Å². The van der Waals surface area contributed by atoms with Crippen molar-refractivity contribution in [1.29, 1.82) is 0 Å². The molecule has 8 nitrogen and oxygen atoms in total. The Kier molecular flexibility index (Phi) is 5.90. The highest BCUT2D eigenvalue weighted by Gasteiger charge is 2.31. The first-order valence-electron chi connectivity index (χ1n) is 6.58. The Hall–Kier alpha value is -1.67. The van der Waals surface area contributed by atoms with Crippen molar-refractivity contribution in [3.63, 3.8) is 0 Å². The largest absolute Gasteiger partial charge is 0.480 e. The van der Waals surface area contributed by atoms with Gasteiger partial charge in [-0.1, -0.05) is 0 Å². The van der Waals surface area contributed by atoms with E-state index in [0.29, 0.717) is 6.42 Å². The van der Waals surface area contributed by atoms with Gasteiger partial charge in [-0.05, 0) is 33.2 Å². The quantitative estimate of drug-likeness (QED) is 0.392. The van der Waals surface area contributed by atoms with E-state index in [1.54, 1.807) is 0 Å². The molecule has 4 unspecified atom stereocenters. The molecule has 20 heavy (non-hydrogen) atoms. The van der Waals surface area contributed by atoms with Crippen LogP contribution < -0.4 is 16.0 Å². The lowest BCUT2D eigenvalue weighted by molar-refractivity contribution is -0.142. The van der Waals surface area contributed by atoms with E-state index in [-0.39, 0.29) is 11.9 Å². The van der Waals surface area contributed by atoms with Crippen LogP contribution >= 0.6 is 0 Å². The summed E-state index contributed by atoms with van der Waals surface area (Å²) in [5.74, 6) is -2.28. The van der Waals surface area contributed by atoms with Crippen molar-refractivity contribution in [2.24, 2.45) is 0 Å². The van der Waals surface area contributed by atoms with Gasteiger partial charge >= 0.3 is 5.97 Å². The lowest BCUT2D eigenvalue weighted by Gasteiger charge is -2.23. The van der Waals surface area contributed by atoms with Gasteiger partial charge in [-0.15, -0.1) is 0 Å². The third-order valence-electron chi connectivity index (χ3n) is 3.17. The number of carboxylic acids is 1. The molecule has 1 heterocycles. The number of hydrogen-bond acceptors (Lipinski definition) is 5. The van der Waals surface area contributed by atoms with Crippen LogP contribution in [0.1, 0.15) is 26.7 Å². The van der Waals surface area contributed by atoms with Crippen LogP contribution in [0.2, 0.25) is 0 Å². The van der Waals surface area contributed by atoms with E-state index >= 15 is 0 Å². The third kappa shape index (κ3) is 4.46. The predicted molar refractivity (Wildman–Crippen MR) is 69.9 cm³/mol. The molecular formula is C12H21N3O5. The number of rotatable bonds is 6. The van der Waals surface area contributed by atoms with Crippen molar-refractivity contribution in [3.8, 4) is 0 Å². The number of carbonyl (C=O) groups is 3. The fourth-order valence-electron chi connectivity index (χ4n) is 1.93. The Balaban J connectivity index is 2.61. The summed E-state index contributed by atoms with van der Waals surface area (Å²) in [6.07, 6.45) is 0.423. The monoisotopic (exact) mass is 287 g/mol. The molecule has 1 aliphatic rings. The van der Waals surface area contributed by atoms with Gasteiger partial charge in [-0.25, -0.2) is 0 Å². The summed E-state index contributed by atoms with van der Waals surface area (Å²) in [5, 5.41) is 26.0. The molecule has 0 spiro atoms. The number of aliphatic carboxylic acids is 1. The molecule has 0 saturated carbocycles. The van der Waals surface area contributed by atoms with Crippen LogP contribution in [0.3, 0.4) is 0 Å². The van der Waals surface area contributed by atoms with E-state index in [4.69, 9.17) is 5.11 Å². The number of aliphatic hydroxyl groups is 1. The van der Waals surface area contributed by atoms with E-state index in [0.717, 1.165) is 13.0 Å². The van der Waals surface area contributed by atoms with Crippen LogP contribution in [0.25, 0.3) is 0 Å². The standard InChI is InChI=1S/C12H21N3O5/c1-6(12(19)20)14-11(18)9(7(2)16)15-10(17)8-4-3-5-13-8/h6-9,13,16H,3-5H2,1-2H3,(H,14,18)(H,15,17)(H,19,20). The minimum atomic E-state index is -1.19. The minimum absolute atomic E-state index is 0.369. The van der Waals surface area contributed by atoms with Gasteiger partial charge in [0, 0.05) is 0 Å². The number of amides is 2. The highest BCUT2D eigenvalue weighted by Crippen LogP contribution is 2.06. The van der Waals surface area contributed by atoms with Gasteiger partial charge in [0.15, 0.2) is 0 Å². The van der Waals surface area contributed by atoms with Crippen molar-refractivity contribution in [2.45, 2.75) is 50.9 Å². The van der Waals surface area contributed by atoms with Gasteiger partial charge in [0.25, 0.3) is 0 Å². The molecule has 1 rings (SSSR count). The molecule has 0 aliphatic carbocycles. The van der Waals surface area contributed by atoms with Gasteiger partial charge in [-0.2, -0.15) is 0 Å². The van der Waals surface area contributed by atoms with Crippen LogP contribution in [-0.4, -0.2) is 58.8 Å². The molecule has 0 aromatic heterocycles. The molecule has 0 aromatic carbocycles. The van der Waals surface area contributed by atoms with Crippen molar-refractivity contribution >= 4 is 17.8 Å². The normalized spacial score (nSPS) is 22.6. The minimum Gasteiger partial charge on any atom is -0.480 e. The maximum absolute atomic E-state index is 11.9. The molecule has 114 valence electrons. The fraction of sp³-hybridized carbons (Fsp3) is 0.750. The molecule has 2 amide bonds. The number of aliphatic hydroxyl groups excluding tert-OH is 1. The molecule has 8 heteroatoms. The number of carboxylic acid groups (broad SMARTS) is 1. The van der Waals surface area contributed by atoms with Crippen LogP contribution in [0.5, 0.6) is 0 Å². The summed E-state index contributed by atoms with van der Waals surface area (Å²) < 4.78 is 0. The van der Waals surface area contributed by atoms with Crippen molar-refractivity contribution < 1.29 is 24.6 Å².